The van der Waals surface area contributed by atoms with E-state index in [2.05, 4.69) is 5.32 Å². The number of ether oxygens (including phenoxy) is 1. The van der Waals surface area contributed by atoms with Crippen molar-refractivity contribution in [1.82, 2.24) is 10.2 Å². The van der Waals surface area contributed by atoms with Gasteiger partial charge in [-0.05, 0) is 19.3 Å². The number of rotatable bonds is 6. The Kier molecular flexibility index (Phi) is 6.26. The van der Waals surface area contributed by atoms with E-state index in [0.29, 0.717) is 19.1 Å². The molecule has 0 aromatic heterocycles. The van der Waals surface area contributed by atoms with Crippen molar-refractivity contribution in [2.24, 2.45) is 11.8 Å². The third-order valence-electron chi connectivity index (χ3n) is 3.84. The molecule has 0 bridgehead atoms. The zero-order chi connectivity index (χ0) is 15.3. The summed E-state index contributed by atoms with van der Waals surface area (Å²) < 4.78 is 5.26. The zero-order valence-electron chi connectivity index (χ0n) is 12.8. The molecule has 6 heteroatoms. The molecule has 0 radical (unpaired) electrons. The molecule has 6 nitrogen and oxygen atoms in total. The first-order chi connectivity index (χ1) is 9.38. The van der Waals surface area contributed by atoms with Crippen LogP contribution in [0.3, 0.4) is 0 Å². The van der Waals surface area contributed by atoms with Gasteiger partial charge in [0, 0.05) is 12.6 Å². The molecule has 1 heterocycles. The lowest BCUT2D eigenvalue weighted by atomic mass is 10.0. The van der Waals surface area contributed by atoms with Crippen LogP contribution in [0.1, 0.15) is 34.1 Å². The second-order valence-electron chi connectivity index (χ2n) is 5.73. The second kappa shape index (κ2) is 7.47. The van der Waals surface area contributed by atoms with Crippen molar-refractivity contribution in [3.8, 4) is 0 Å². The fourth-order valence-electron chi connectivity index (χ4n) is 2.19. The number of carboxylic acids is 1. The van der Waals surface area contributed by atoms with Crippen LogP contribution >= 0.6 is 0 Å². The normalized spacial score (nSPS) is 23.6. The minimum Gasteiger partial charge on any atom is -0.481 e. The molecule has 0 aromatic carbocycles. The van der Waals surface area contributed by atoms with E-state index in [1.54, 1.807) is 4.90 Å². The number of nitrogens with one attached hydrogen (secondary N) is 1. The zero-order valence-corrected chi connectivity index (χ0v) is 12.8. The first kappa shape index (κ1) is 16.8. The Balaban J connectivity index is 2.77. The summed E-state index contributed by atoms with van der Waals surface area (Å²) in [6.45, 7) is 8.99. The Morgan fingerprint density at radius 2 is 2.00 bits per heavy atom. The van der Waals surface area contributed by atoms with Crippen LogP contribution in [0.25, 0.3) is 0 Å². The Morgan fingerprint density at radius 1 is 1.35 bits per heavy atom. The summed E-state index contributed by atoms with van der Waals surface area (Å²) in [5, 5.41) is 12.2. The first-order valence-corrected chi connectivity index (χ1v) is 7.26. The highest BCUT2D eigenvalue weighted by molar-refractivity contribution is 5.77. The maximum absolute atomic E-state index is 12.4. The third kappa shape index (κ3) is 4.10. The van der Waals surface area contributed by atoms with Crippen molar-refractivity contribution >= 4 is 12.0 Å². The van der Waals surface area contributed by atoms with E-state index >= 15 is 0 Å². The number of carboxylic acid groups (broad SMARTS) is 1. The van der Waals surface area contributed by atoms with Crippen LogP contribution in [0.4, 0.5) is 4.79 Å². The number of carbonyl (C=O) groups excluding carboxylic acids is 1. The number of hydrogen-bond donors (Lipinski definition) is 2. The monoisotopic (exact) mass is 286 g/mol. The maximum Gasteiger partial charge on any atom is 0.317 e. The van der Waals surface area contributed by atoms with E-state index in [0.717, 1.165) is 6.42 Å². The molecular formula is C14H26N2O4. The molecule has 0 aliphatic carbocycles. The van der Waals surface area contributed by atoms with E-state index in [4.69, 9.17) is 4.74 Å². The van der Waals surface area contributed by atoms with Crippen LogP contribution in [0.5, 0.6) is 0 Å². The number of amides is 2. The number of urea groups is 1. The molecule has 3 unspecified atom stereocenters. The summed E-state index contributed by atoms with van der Waals surface area (Å²) in [7, 11) is 0. The van der Waals surface area contributed by atoms with Crippen LogP contribution in [-0.4, -0.2) is 53.8 Å². The van der Waals surface area contributed by atoms with E-state index in [1.165, 1.54) is 0 Å². The van der Waals surface area contributed by atoms with Gasteiger partial charge in [0.05, 0.1) is 19.3 Å². The third-order valence-corrected chi connectivity index (χ3v) is 3.84. The molecule has 1 fully saturated rings. The Labute approximate surface area is 120 Å². The minimum absolute atomic E-state index is 0.0486. The highest BCUT2D eigenvalue weighted by atomic mass is 16.5. The highest BCUT2D eigenvalue weighted by Crippen LogP contribution is 2.21. The topological polar surface area (TPSA) is 78.9 Å². The lowest BCUT2D eigenvalue weighted by Gasteiger charge is -2.32. The summed E-state index contributed by atoms with van der Waals surface area (Å²) in [5.41, 5.74) is 0. The summed E-state index contributed by atoms with van der Waals surface area (Å²) in [5.74, 6) is -1.21. The highest BCUT2D eigenvalue weighted by Gasteiger charge is 2.40. The van der Waals surface area contributed by atoms with Crippen LogP contribution in [0.15, 0.2) is 0 Å². The van der Waals surface area contributed by atoms with Gasteiger partial charge in [-0.1, -0.05) is 20.8 Å². The predicted molar refractivity (Wildman–Crippen MR) is 75.6 cm³/mol. The van der Waals surface area contributed by atoms with Gasteiger partial charge >= 0.3 is 12.0 Å². The van der Waals surface area contributed by atoms with Crippen LogP contribution in [-0.2, 0) is 9.53 Å². The van der Waals surface area contributed by atoms with E-state index < -0.39 is 11.9 Å². The standard InChI is InChI=1S/C14H26N2O4/c1-5-6-16(14(19)15-10(4)9(2)3)12-8-20-7-11(12)13(17)18/h9-12H,5-8H2,1-4H3,(H,15,19)(H,17,18). The fourth-order valence-corrected chi connectivity index (χ4v) is 2.19. The molecule has 116 valence electrons. The average molecular weight is 286 g/mol. The number of nitrogens with zero attached hydrogens (tertiary/aromatic N) is 1. The quantitative estimate of drug-likeness (QED) is 0.776. The van der Waals surface area contributed by atoms with Crippen LogP contribution in [0.2, 0.25) is 0 Å². The molecule has 0 spiro atoms. The van der Waals surface area contributed by atoms with Crippen molar-refractivity contribution in [3.63, 3.8) is 0 Å². The SMILES string of the molecule is CCCN(C(=O)NC(C)C(C)C)C1COCC1C(=O)O. The number of carbonyl (C=O) groups is 2. The Hall–Kier alpha value is -1.30. The van der Waals surface area contributed by atoms with Gasteiger partial charge in [0.2, 0.25) is 0 Å². The van der Waals surface area contributed by atoms with Gasteiger partial charge in [0.25, 0.3) is 0 Å². The summed E-state index contributed by atoms with van der Waals surface area (Å²) >= 11 is 0. The fraction of sp³-hybridized carbons (Fsp3) is 0.857. The molecule has 3 atom stereocenters. The molecule has 0 aromatic rings. The van der Waals surface area contributed by atoms with Crippen molar-refractivity contribution in [2.75, 3.05) is 19.8 Å². The van der Waals surface area contributed by atoms with E-state index in [9.17, 15) is 14.7 Å². The van der Waals surface area contributed by atoms with Gasteiger partial charge in [-0.2, -0.15) is 0 Å². The smallest absolute Gasteiger partial charge is 0.317 e. The first-order valence-electron chi connectivity index (χ1n) is 7.26. The van der Waals surface area contributed by atoms with Gasteiger partial charge in [-0.3, -0.25) is 4.79 Å². The molecule has 0 saturated carbocycles. The molecule has 1 aliphatic heterocycles. The van der Waals surface area contributed by atoms with Crippen molar-refractivity contribution in [2.45, 2.75) is 46.2 Å². The lowest BCUT2D eigenvalue weighted by molar-refractivity contribution is -0.142. The number of hydrogen-bond acceptors (Lipinski definition) is 3. The van der Waals surface area contributed by atoms with E-state index in [1.807, 2.05) is 27.7 Å². The summed E-state index contributed by atoms with van der Waals surface area (Å²) in [6.07, 6.45) is 0.784. The van der Waals surface area contributed by atoms with Gasteiger partial charge in [0.15, 0.2) is 0 Å². The maximum atomic E-state index is 12.4. The lowest BCUT2D eigenvalue weighted by Crippen LogP contribution is -2.53. The Bertz CT molecular complexity index is 346. The molecule has 2 N–H and O–H groups in total. The molecular weight excluding hydrogens is 260 g/mol. The second-order valence-corrected chi connectivity index (χ2v) is 5.73. The summed E-state index contributed by atoms with van der Waals surface area (Å²) in [6, 6.07) is -0.533. The predicted octanol–water partition coefficient (Wildman–Crippen LogP) is 1.55. The van der Waals surface area contributed by atoms with Crippen molar-refractivity contribution in [1.29, 1.82) is 0 Å². The summed E-state index contributed by atoms with van der Waals surface area (Å²) in [4.78, 5) is 25.2. The average Bonchev–Trinajstić information content (AvgIpc) is 2.84. The van der Waals surface area contributed by atoms with Gasteiger partial charge in [-0.15, -0.1) is 0 Å². The van der Waals surface area contributed by atoms with E-state index in [-0.39, 0.29) is 24.7 Å². The largest absolute Gasteiger partial charge is 0.481 e. The molecule has 20 heavy (non-hydrogen) atoms. The van der Waals surface area contributed by atoms with Crippen molar-refractivity contribution in [3.05, 3.63) is 0 Å². The van der Waals surface area contributed by atoms with Gasteiger partial charge in [-0.25, -0.2) is 4.79 Å². The molecule has 1 rings (SSSR count). The molecule has 1 aliphatic rings. The molecule has 2 amide bonds. The minimum atomic E-state index is -0.904. The van der Waals surface area contributed by atoms with Crippen LogP contribution in [0, 0.1) is 11.8 Å². The van der Waals surface area contributed by atoms with Gasteiger partial charge < -0.3 is 20.1 Å². The van der Waals surface area contributed by atoms with Gasteiger partial charge in [0.1, 0.15) is 5.92 Å². The van der Waals surface area contributed by atoms with Crippen molar-refractivity contribution < 1.29 is 19.4 Å². The Morgan fingerprint density at radius 3 is 2.50 bits per heavy atom. The number of aliphatic carboxylic acids is 1. The molecule has 1 saturated heterocycles. The van der Waals surface area contributed by atoms with Crippen LogP contribution < -0.4 is 5.32 Å².